The molecule has 8 nitrogen and oxygen atoms in total. The molecular formula is C29H39N5O3. The summed E-state index contributed by atoms with van der Waals surface area (Å²) < 4.78 is 0. The lowest BCUT2D eigenvalue weighted by molar-refractivity contribution is -0.120. The maximum Gasteiger partial charge on any atom is 0.225 e. The van der Waals surface area contributed by atoms with E-state index in [0.717, 1.165) is 45.0 Å². The third-order valence-electron chi connectivity index (χ3n) is 7.91. The van der Waals surface area contributed by atoms with Gasteiger partial charge in [-0.25, -0.2) is 0 Å². The Morgan fingerprint density at radius 3 is 2.14 bits per heavy atom. The zero-order valence-electron chi connectivity index (χ0n) is 21.6. The first kappa shape index (κ1) is 25.7. The van der Waals surface area contributed by atoms with Gasteiger partial charge in [0.1, 0.15) is 0 Å². The second kappa shape index (κ2) is 12.0. The quantitative estimate of drug-likeness (QED) is 0.501. The van der Waals surface area contributed by atoms with E-state index in [-0.39, 0.29) is 23.6 Å². The summed E-state index contributed by atoms with van der Waals surface area (Å²) in [4.78, 5) is 43.2. The Kier molecular flexibility index (Phi) is 8.36. The first-order chi connectivity index (χ1) is 18.0. The molecule has 2 amide bonds. The van der Waals surface area contributed by atoms with Crippen molar-refractivity contribution in [2.45, 2.75) is 57.4 Å². The second-order valence-corrected chi connectivity index (χ2v) is 10.7. The van der Waals surface area contributed by atoms with Gasteiger partial charge in [-0.3, -0.25) is 14.4 Å². The van der Waals surface area contributed by atoms with Gasteiger partial charge in [-0.05, 0) is 82.2 Å². The molecule has 0 saturated carbocycles. The van der Waals surface area contributed by atoms with E-state index in [1.165, 1.54) is 38.5 Å². The van der Waals surface area contributed by atoms with Crippen LogP contribution in [-0.4, -0.2) is 72.7 Å². The molecule has 2 atom stereocenters. The summed E-state index contributed by atoms with van der Waals surface area (Å²) in [6, 6.07) is 5.31. The van der Waals surface area contributed by atoms with Crippen molar-refractivity contribution in [1.82, 2.24) is 15.1 Å². The van der Waals surface area contributed by atoms with Gasteiger partial charge in [0, 0.05) is 48.6 Å². The van der Waals surface area contributed by atoms with Crippen LogP contribution in [0.2, 0.25) is 0 Å². The number of nitrogens with zero attached hydrogens (tertiary/aromatic N) is 2. The molecule has 8 heteroatoms. The number of piperidine rings is 2. The second-order valence-electron chi connectivity index (χ2n) is 10.7. The summed E-state index contributed by atoms with van der Waals surface area (Å²) in [5.74, 6) is -0.465. The molecule has 3 N–H and O–H groups in total. The van der Waals surface area contributed by atoms with Crippen molar-refractivity contribution in [1.29, 1.82) is 0 Å². The van der Waals surface area contributed by atoms with Gasteiger partial charge in [0.15, 0.2) is 5.78 Å². The molecule has 5 rings (SSSR count). The van der Waals surface area contributed by atoms with E-state index in [4.69, 9.17) is 0 Å². The number of hydrogen-bond donors (Lipinski definition) is 3. The number of nitrogens with one attached hydrogen (secondary N) is 3. The third-order valence-corrected chi connectivity index (χ3v) is 7.91. The van der Waals surface area contributed by atoms with E-state index < -0.39 is 5.92 Å². The number of anilines is 2. The normalized spacial score (nSPS) is 23.9. The number of benzene rings is 1. The van der Waals surface area contributed by atoms with Crippen LogP contribution in [0.25, 0.3) is 0 Å². The van der Waals surface area contributed by atoms with Crippen LogP contribution in [0.3, 0.4) is 0 Å². The van der Waals surface area contributed by atoms with Crippen LogP contribution < -0.4 is 16.0 Å². The molecule has 2 fully saturated rings. The molecule has 0 aromatic heterocycles. The van der Waals surface area contributed by atoms with Crippen LogP contribution >= 0.6 is 0 Å². The number of carbonyl (C=O) groups is 3. The van der Waals surface area contributed by atoms with Crippen LogP contribution in [0.5, 0.6) is 0 Å². The molecule has 1 aromatic carbocycles. The van der Waals surface area contributed by atoms with Gasteiger partial charge in [-0.2, -0.15) is 0 Å². The van der Waals surface area contributed by atoms with Gasteiger partial charge in [0.25, 0.3) is 0 Å². The Bertz CT molecular complexity index is 1070. The van der Waals surface area contributed by atoms with Crippen LogP contribution in [0, 0.1) is 5.92 Å². The fourth-order valence-electron chi connectivity index (χ4n) is 5.78. The number of hydrogen-bond acceptors (Lipinski definition) is 6. The average Bonchev–Trinajstić information content (AvgIpc) is 2.93. The number of allylic oxidation sites excluding steroid dienone is 1. The summed E-state index contributed by atoms with van der Waals surface area (Å²) in [6.07, 6.45) is 14.0. The van der Waals surface area contributed by atoms with E-state index in [2.05, 4.69) is 25.8 Å². The van der Waals surface area contributed by atoms with E-state index >= 15 is 0 Å². The Balaban J connectivity index is 1.16. The minimum absolute atomic E-state index is 0.00687. The molecule has 1 aromatic rings. The van der Waals surface area contributed by atoms with Crippen LogP contribution in [0.4, 0.5) is 11.4 Å². The van der Waals surface area contributed by atoms with Gasteiger partial charge >= 0.3 is 0 Å². The first-order valence-corrected chi connectivity index (χ1v) is 13.9. The van der Waals surface area contributed by atoms with Crippen molar-refractivity contribution in [3.8, 4) is 0 Å². The highest BCUT2D eigenvalue weighted by Crippen LogP contribution is 2.34. The molecule has 4 aliphatic rings. The maximum atomic E-state index is 13.4. The minimum Gasteiger partial charge on any atom is -0.377 e. The largest absolute Gasteiger partial charge is 0.377 e. The lowest BCUT2D eigenvalue weighted by Crippen LogP contribution is -2.40. The van der Waals surface area contributed by atoms with Gasteiger partial charge < -0.3 is 25.8 Å². The highest BCUT2D eigenvalue weighted by molar-refractivity contribution is 6.08. The topological polar surface area (TPSA) is 93.8 Å². The summed E-state index contributed by atoms with van der Waals surface area (Å²) in [7, 11) is 0. The molecule has 0 radical (unpaired) electrons. The maximum absolute atomic E-state index is 13.4. The molecule has 0 spiro atoms. The van der Waals surface area contributed by atoms with Crippen molar-refractivity contribution in [2.75, 3.05) is 49.9 Å². The lowest BCUT2D eigenvalue weighted by Gasteiger charge is -2.33. The zero-order valence-corrected chi connectivity index (χ0v) is 21.6. The van der Waals surface area contributed by atoms with Crippen LogP contribution in [-0.2, 0) is 9.59 Å². The van der Waals surface area contributed by atoms with E-state index in [1.807, 2.05) is 30.4 Å². The minimum atomic E-state index is -0.403. The Hall–Kier alpha value is -2.97. The zero-order chi connectivity index (χ0) is 25.6. The highest BCUT2D eigenvalue weighted by atomic mass is 16.2. The molecule has 37 heavy (non-hydrogen) atoms. The SMILES string of the molecule is O=C(CCN1CCCCC1)NC1=CC2C(=O)c3cc(NC(=O)CCN4CCCCC4)ccc3NC2C=C1. The Labute approximate surface area is 219 Å². The number of rotatable bonds is 8. The van der Waals surface area contributed by atoms with Crippen LogP contribution in [0.15, 0.2) is 42.1 Å². The van der Waals surface area contributed by atoms with Crippen molar-refractivity contribution >= 4 is 29.0 Å². The molecule has 2 saturated heterocycles. The predicted molar refractivity (Wildman–Crippen MR) is 145 cm³/mol. The standard InChI is InChI=1S/C29H39N5O3/c35-27(11-17-33-13-3-1-4-14-33)30-21-7-9-25-23(19-21)29(37)24-20-22(8-10-26(24)32-25)31-28(36)12-18-34-15-5-2-6-16-34/h7-10,19-20,23,25,32H,1-6,11-18H2,(H,30,35)(H,31,36). The Morgan fingerprint density at radius 2 is 1.49 bits per heavy atom. The van der Waals surface area contributed by atoms with Gasteiger partial charge in [-0.15, -0.1) is 0 Å². The summed E-state index contributed by atoms with van der Waals surface area (Å²) in [6.45, 7) is 5.82. The average molecular weight is 506 g/mol. The number of Topliss-reactive ketones (excluding diaryl/α,β-unsaturated/α-hetero) is 1. The highest BCUT2D eigenvalue weighted by Gasteiger charge is 2.35. The molecule has 2 unspecified atom stereocenters. The molecule has 3 aliphatic heterocycles. The summed E-state index contributed by atoms with van der Waals surface area (Å²) in [5, 5.41) is 9.38. The van der Waals surface area contributed by atoms with Crippen molar-refractivity contribution in [3.05, 3.63) is 47.7 Å². The predicted octanol–water partition coefficient (Wildman–Crippen LogP) is 3.54. The van der Waals surface area contributed by atoms with Gasteiger partial charge in [0.2, 0.25) is 11.8 Å². The lowest BCUT2D eigenvalue weighted by atomic mass is 9.82. The molecule has 1 aliphatic carbocycles. The van der Waals surface area contributed by atoms with Crippen molar-refractivity contribution in [3.63, 3.8) is 0 Å². The number of likely N-dealkylation sites (tertiary alicyclic amines) is 2. The number of carbonyl (C=O) groups excluding carboxylic acids is 3. The van der Waals surface area contributed by atoms with E-state index in [9.17, 15) is 14.4 Å². The fourth-order valence-corrected chi connectivity index (χ4v) is 5.78. The van der Waals surface area contributed by atoms with Crippen molar-refractivity contribution < 1.29 is 14.4 Å². The number of amides is 2. The molecular weight excluding hydrogens is 466 g/mol. The van der Waals surface area contributed by atoms with E-state index in [1.54, 1.807) is 6.07 Å². The summed E-state index contributed by atoms with van der Waals surface area (Å²) in [5.41, 5.74) is 2.64. The monoisotopic (exact) mass is 505 g/mol. The smallest absolute Gasteiger partial charge is 0.225 e. The molecule has 3 heterocycles. The third kappa shape index (κ3) is 6.67. The van der Waals surface area contributed by atoms with E-state index in [0.29, 0.717) is 29.8 Å². The van der Waals surface area contributed by atoms with Gasteiger partial charge in [-0.1, -0.05) is 18.9 Å². The Morgan fingerprint density at radius 1 is 0.865 bits per heavy atom. The summed E-state index contributed by atoms with van der Waals surface area (Å²) >= 11 is 0. The van der Waals surface area contributed by atoms with Crippen LogP contribution in [0.1, 0.15) is 61.7 Å². The van der Waals surface area contributed by atoms with Gasteiger partial charge in [0.05, 0.1) is 12.0 Å². The van der Waals surface area contributed by atoms with Crippen molar-refractivity contribution in [2.24, 2.45) is 5.92 Å². The number of fused-ring (bicyclic) bond motifs is 2. The first-order valence-electron chi connectivity index (χ1n) is 13.9. The molecule has 198 valence electrons. The fraction of sp³-hybridized carbons (Fsp3) is 0.552. The molecule has 0 bridgehead atoms. The number of ketones is 1.